The molecule has 0 aliphatic rings. The second-order valence-electron chi connectivity index (χ2n) is 4.41. The van der Waals surface area contributed by atoms with Crippen LogP contribution in [0.15, 0.2) is 34.9 Å². The molecule has 1 aromatic heterocycles. The molecular weight excluding hydrogens is 226 g/mol. The summed E-state index contributed by atoms with van der Waals surface area (Å²) in [7, 11) is 0. The average Bonchev–Trinajstić information content (AvgIpc) is 2.81. The molecule has 2 aromatic rings. The van der Waals surface area contributed by atoms with Crippen molar-refractivity contribution in [1.82, 2.24) is 15.5 Å². The third kappa shape index (κ3) is 3.67. The van der Waals surface area contributed by atoms with Crippen LogP contribution in [0, 0.1) is 6.92 Å². The molecule has 0 spiro atoms. The lowest BCUT2D eigenvalue weighted by molar-refractivity contribution is 0.351. The molecule has 1 N–H and O–H groups in total. The molecule has 1 heterocycles. The van der Waals surface area contributed by atoms with E-state index >= 15 is 0 Å². The highest BCUT2D eigenvalue weighted by Crippen LogP contribution is 2.06. The largest absolute Gasteiger partial charge is 0.338 e. The van der Waals surface area contributed by atoms with Crippen LogP contribution in [0.5, 0.6) is 0 Å². The van der Waals surface area contributed by atoms with Gasteiger partial charge in [0.15, 0.2) is 5.82 Å². The van der Waals surface area contributed by atoms with Crippen molar-refractivity contribution < 1.29 is 4.52 Å². The highest BCUT2D eigenvalue weighted by molar-refractivity contribution is 5.15. The van der Waals surface area contributed by atoms with Gasteiger partial charge in [0.25, 0.3) is 0 Å². The van der Waals surface area contributed by atoms with Crippen LogP contribution in [-0.2, 0) is 13.0 Å². The minimum absolute atomic E-state index is 0.430. The monoisotopic (exact) mass is 245 g/mol. The van der Waals surface area contributed by atoms with Gasteiger partial charge in [0.1, 0.15) is 0 Å². The molecule has 0 fully saturated rings. The normalized spacial score (nSPS) is 12.6. The molecule has 1 aromatic carbocycles. The number of nitrogens with one attached hydrogen (secondary N) is 1. The summed E-state index contributed by atoms with van der Waals surface area (Å²) >= 11 is 0. The molecule has 0 amide bonds. The molecule has 4 heteroatoms. The lowest BCUT2D eigenvalue weighted by atomic mass is 10.0. The van der Waals surface area contributed by atoms with Gasteiger partial charge in [-0.2, -0.15) is 4.98 Å². The van der Waals surface area contributed by atoms with Gasteiger partial charge in [0.05, 0.1) is 6.54 Å². The van der Waals surface area contributed by atoms with Gasteiger partial charge >= 0.3 is 0 Å². The molecule has 96 valence electrons. The summed E-state index contributed by atoms with van der Waals surface area (Å²) in [5.74, 6) is 1.34. The molecule has 0 aliphatic carbocycles. The van der Waals surface area contributed by atoms with E-state index in [9.17, 15) is 0 Å². The highest BCUT2D eigenvalue weighted by atomic mass is 16.5. The van der Waals surface area contributed by atoms with E-state index in [4.69, 9.17) is 4.52 Å². The zero-order valence-corrected chi connectivity index (χ0v) is 10.9. The Morgan fingerprint density at radius 3 is 2.67 bits per heavy atom. The Bertz CT molecular complexity index is 467. The van der Waals surface area contributed by atoms with Crippen LogP contribution in [0.1, 0.15) is 30.6 Å². The van der Waals surface area contributed by atoms with E-state index in [1.165, 1.54) is 5.56 Å². The summed E-state index contributed by atoms with van der Waals surface area (Å²) in [6, 6.07) is 10.9. The predicted octanol–water partition coefficient (Wildman–Crippen LogP) is 2.49. The van der Waals surface area contributed by atoms with Crippen molar-refractivity contribution in [3.8, 4) is 0 Å². The highest BCUT2D eigenvalue weighted by Gasteiger charge is 2.09. The summed E-state index contributed by atoms with van der Waals surface area (Å²) in [4.78, 5) is 4.18. The van der Waals surface area contributed by atoms with E-state index in [-0.39, 0.29) is 0 Å². The van der Waals surface area contributed by atoms with Crippen LogP contribution >= 0.6 is 0 Å². The van der Waals surface area contributed by atoms with Gasteiger partial charge in [-0.3, -0.25) is 0 Å². The van der Waals surface area contributed by atoms with E-state index in [1.807, 2.05) is 13.0 Å². The van der Waals surface area contributed by atoms with Crippen molar-refractivity contribution in [2.45, 2.75) is 39.3 Å². The second kappa shape index (κ2) is 6.31. The fourth-order valence-corrected chi connectivity index (χ4v) is 1.90. The van der Waals surface area contributed by atoms with E-state index in [0.717, 1.165) is 12.8 Å². The van der Waals surface area contributed by atoms with Gasteiger partial charge in [-0.15, -0.1) is 0 Å². The maximum atomic E-state index is 5.09. The van der Waals surface area contributed by atoms with Crippen molar-refractivity contribution in [2.75, 3.05) is 0 Å². The molecule has 0 saturated carbocycles. The Morgan fingerprint density at radius 1 is 1.28 bits per heavy atom. The van der Waals surface area contributed by atoms with E-state index in [0.29, 0.717) is 24.3 Å². The van der Waals surface area contributed by atoms with Crippen molar-refractivity contribution in [1.29, 1.82) is 0 Å². The number of hydrogen-bond acceptors (Lipinski definition) is 4. The molecule has 0 saturated heterocycles. The minimum atomic E-state index is 0.430. The number of aryl methyl sites for hydroxylation is 1. The molecule has 0 aliphatic heterocycles. The number of nitrogens with zero attached hydrogens (tertiary/aromatic N) is 2. The fraction of sp³-hybridized carbons (Fsp3) is 0.429. The zero-order valence-electron chi connectivity index (χ0n) is 10.9. The number of aromatic nitrogens is 2. The predicted molar refractivity (Wildman–Crippen MR) is 70.1 cm³/mol. The van der Waals surface area contributed by atoms with Crippen LogP contribution < -0.4 is 5.32 Å². The summed E-state index contributed by atoms with van der Waals surface area (Å²) in [5, 5.41) is 7.23. The van der Waals surface area contributed by atoms with Crippen molar-refractivity contribution >= 4 is 0 Å². The standard InChI is InChI=1S/C14H19N3O/c1-3-13(9-12-7-5-4-6-8-12)15-10-14-16-11(2)17-18-14/h4-8,13,15H,3,9-10H2,1-2H3/t13-/m0/s1. The fourth-order valence-electron chi connectivity index (χ4n) is 1.90. The Hall–Kier alpha value is -1.68. The zero-order chi connectivity index (χ0) is 12.8. The van der Waals surface area contributed by atoms with Gasteiger partial charge in [-0.05, 0) is 25.3 Å². The van der Waals surface area contributed by atoms with Crippen molar-refractivity contribution in [2.24, 2.45) is 0 Å². The van der Waals surface area contributed by atoms with Gasteiger partial charge in [-0.25, -0.2) is 0 Å². The first kappa shape index (κ1) is 12.8. The Morgan fingerprint density at radius 2 is 2.06 bits per heavy atom. The Labute approximate surface area is 107 Å². The maximum Gasteiger partial charge on any atom is 0.240 e. The molecule has 18 heavy (non-hydrogen) atoms. The van der Waals surface area contributed by atoms with Gasteiger partial charge in [0.2, 0.25) is 5.89 Å². The molecule has 0 unspecified atom stereocenters. The molecule has 1 atom stereocenters. The summed E-state index contributed by atoms with van der Waals surface area (Å²) < 4.78 is 5.09. The van der Waals surface area contributed by atoms with E-state index < -0.39 is 0 Å². The smallest absolute Gasteiger partial charge is 0.240 e. The molecule has 0 bridgehead atoms. The van der Waals surface area contributed by atoms with Crippen LogP contribution in [0.25, 0.3) is 0 Å². The van der Waals surface area contributed by atoms with E-state index in [1.54, 1.807) is 0 Å². The molecular formula is C14H19N3O. The lowest BCUT2D eigenvalue weighted by Crippen LogP contribution is -2.30. The lowest BCUT2D eigenvalue weighted by Gasteiger charge is -2.15. The third-order valence-corrected chi connectivity index (χ3v) is 2.93. The summed E-state index contributed by atoms with van der Waals surface area (Å²) in [6.45, 7) is 4.64. The van der Waals surface area contributed by atoms with Crippen LogP contribution in [-0.4, -0.2) is 16.2 Å². The third-order valence-electron chi connectivity index (χ3n) is 2.93. The van der Waals surface area contributed by atoms with Crippen LogP contribution in [0.3, 0.4) is 0 Å². The first-order chi connectivity index (χ1) is 8.78. The van der Waals surface area contributed by atoms with Crippen molar-refractivity contribution in [3.63, 3.8) is 0 Å². The molecule has 4 nitrogen and oxygen atoms in total. The topological polar surface area (TPSA) is 51.0 Å². The maximum absolute atomic E-state index is 5.09. The SMILES string of the molecule is CC[C@@H](Cc1ccccc1)NCc1nc(C)no1. The summed E-state index contributed by atoms with van der Waals surface area (Å²) in [6.07, 6.45) is 2.09. The van der Waals surface area contributed by atoms with E-state index in [2.05, 4.69) is 46.6 Å². The van der Waals surface area contributed by atoms with Gasteiger partial charge in [0, 0.05) is 6.04 Å². The van der Waals surface area contributed by atoms with Crippen LogP contribution in [0.2, 0.25) is 0 Å². The number of hydrogen-bond donors (Lipinski definition) is 1. The van der Waals surface area contributed by atoms with Gasteiger partial charge in [-0.1, -0.05) is 42.4 Å². The van der Waals surface area contributed by atoms with Crippen molar-refractivity contribution in [3.05, 3.63) is 47.6 Å². The number of benzene rings is 1. The summed E-state index contributed by atoms with van der Waals surface area (Å²) in [5.41, 5.74) is 1.35. The quantitative estimate of drug-likeness (QED) is 0.849. The molecule has 2 rings (SSSR count). The first-order valence-corrected chi connectivity index (χ1v) is 6.34. The minimum Gasteiger partial charge on any atom is -0.338 e. The Balaban J connectivity index is 1.86. The number of rotatable bonds is 6. The second-order valence-corrected chi connectivity index (χ2v) is 4.41. The first-order valence-electron chi connectivity index (χ1n) is 6.34. The Kier molecular flexibility index (Phi) is 4.47. The average molecular weight is 245 g/mol. The van der Waals surface area contributed by atoms with Gasteiger partial charge < -0.3 is 9.84 Å². The molecule has 0 radical (unpaired) electrons. The van der Waals surface area contributed by atoms with Crippen LogP contribution in [0.4, 0.5) is 0 Å².